The monoisotopic (exact) mass is 282 g/mol. The Labute approximate surface area is 121 Å². The van der Waals surface area contributed by atoms with Crippen LogP contribution in [-0.4, -0.2) is 21.8 Å². The largest absolute Gasteiger partial charge is 0.369 e. The predicted octanol–water partition coefficient (Wildman–Crippen LogP) is 1.43. The molecule has 5 heteroatoms. The number of hydrogen-bond donors (Lipinski definition) is 2. The van der Waals surface area contributed by atoms with Gasteiger partial charge in [-0.3, -0.25) is 9.59 Å². The molecule has 1 unspecified atom stereocenters. The smallest absolute Gasteiger partial charge is 0.256 e. The van der Waals surface area contributed by atoms with Crippen molar-refractivity contribution in [2.24, 2.45) is 5.73 Å². The van der Waals surface area contributed by atoms with Crippen LogP contribution in [0.2, 0.25) is 0 Å². The fraction of sp³-hybridized carbons (Fsp3) is 0.125. The van der Waals surface area contributed by atoms with Gasteiger partial charge in [0.05, 0.1) is 0 Å². The van der Waals surface area contributed by atoms with Crippen molar-refractivity contribution in [1.82, 2.24) is 4.90 Å². The number of carbonyl (C=O) groups is 2. The van der Waals surface area contributed by atoms with E-state index in [0.29, 0.717) is 22.3 Å². The van der Waals surface area contributed by atoms with Crippen LogP contribution < -0.4 is 5.73 Å². The van der Waals surface area contributed by atoms with Crippen LogP contribution in [0.4, 0.5) is 0 Å². The number of rotatable bonds is 3. The minimum Gasteiger partial charge on any atom is -0.369 e. The van der Waals surface area contributed by atoms with Gasteiger partial charge in [0.15, 0.2) is 6.23 Å². The Bertz CT molecular complexity index is 727. The van der Waals surface area contributed by atoms with Gasteiger partial charge in [-0.2, -0.15) is 0 Å². The molecule has 5 nitrogen and oxygen atoms in total. The summed E-state index contributed by atoms with van der Waals surface area (Å²) in [7, 11) is 0. The van der Waals surface area contributed by atoms with E-state index >= 15 is 0 Å². The zero-order chi connectivity index (χ0) is 15.0. The van der Waals surface area contributed by atoms with Gasteiger partial charge < -0.3 is 15.7 Å². The number of amides is 2. The van der Waals surface area contributed by atoms with E-state index in [0.717, 1.165) is 0 Å². The number of aliphatic hydroxyl groups excluding tert-OH is 1. The second kappa shape index (κ2) is 5.03. The summed E-state index contributed by atoms with van der Waals surface area (Å²) in [5.41, 5.74) is 7.38. The van der Waals surface area contributed by atoms with E-state index in [9.17, 15) is 14.7 Å². The molecule has 2 aromatic rings. The van der Waals surface area contributed by atoms with Gasteiger partial charge in [-0.05, 0) is 17.7 Å². The maximum Gasteiger partial charge on any atom is 0.256 e. The number of hydrogen-bond acceptors (Lipinski definition) is 3. The van der Waals surface area contributed by atoms with E-state index in [4.69, 9.17) is 5.73 Å². The summed E-state index contributed by atoms with van der Waals surface area (Å²) in [5.74, 6) is -0.804. The first-order valence-corrected chi connectivity index (χ1v) is 6.55. The average Bonchev–Trinajstić information content (AvgIpc) is 2.73. The van der Waals surface area contributed by atoms with Crippen molar-refractivity contribution in [3.05, 3.63) is 70.8 Å². The molecule has 2 amide bonds. The highest BCUT2D eigenvalue weighted by atomic mass is 16.3. The quantitative estimate of drug-likeness (QED) is 0.893. The summed E-state index contributed by atoms with van der Waals surface area (Å²) in [5, 5.41) is 10.3. The number of nitrogens with two attached hydrogens (primary N) is 1. The zero-order valence-corrected chi connectivity index (χ0v) is 11.2. The van der Waals surface area contributed by atoms with Gasteiger partial charge in [0.2, 0.25) is 5.91 Å². The van der Waals surface area contributed by atoms with Crippen molar-refractivity contribution >= 4 is 11.8 Å². The predicted molar refractivity (Wildman–Crippen MR) is 76.2 cm³/mol. The van der Waals surface area contributed by atoms with E-state index in [-0.39, 0.29) is 12.5 Å². The Hall–Kier alpha value is -2.66. The molecule has 21 heavy (non-hydrogen) atoms. The second-order valence-electron chi connectivity index (χ2n) is 4.92. The molecule has 0 aliphatic carbocycles. The fourth-order valence-corrected chi connectivity index (χ4v) is 2.59. The summed E-state index contributed by atoms with van der Waals surface area (Å²) >= 11 is 0. The summed E-state index contributed by atoms with van der Waals surface area (Å²) in [6, 6.07) is 13.7. The Morgan fingerprint density at radius 2 is 1.81 bits per heavy atom. The lowest BCUT2D eigenvalue weighted by molar-refractivity contribution is 0.0136. The molecular formula is C16H14N2O3. The van der Waals surface area contributed by atoms with Crippen LogP contribution >= 0.6 is 0 Å². The van der Waals surface area contributed by atoms with Gasteiger partial charge in [0, 0.05) is 23.2 Å². The van der Waals surface area contributed by atoms with E-state index in [1.54, 1.807) is 48.5 Å². The number of benzene rings is 2. The normalized spacial score (nSPS) is 16.9. The zero-order valence-electron chi connectivity index (χ0n) is 11.2. The molecule has 1 heterocycles. The molecule has 1 aliphatic heterocycles. The third kappa shape index (κ3) is 2.17. The Morgan fingerprint density at radius 1 is 1.14 bits per heavy atom. The minimum atomic E-state index is -1.00. The maximum absolute atomic E-state index is 12.3. The lowest BCUT2D eigenvalue weighted by Crippen LogP contribution is -2.28. The number of primary amides is 1. The van der Waals surface area contributed by atoms with Crippen molar-refractivity contribution in [2.45, 2.75) is 12.8 Å². The van der Waals surface area contributed by atoms with Crippen LogP contribution in [0.5, 0.6) is 0 Å². The Kier molecular flexibility index (Phi) is 3.19. The molecule has 0 spiro atoms. The molecule has 106 valence electrons. The molecule has 0 saturated carbocycles. The lowest BCUT2D eigenvalue weighted by atomic mass is 10.1. The van der Waals surface area contributed by atoms with Gasteiger partial charge in [-0.25, -0.2) is 0 Å². The number of fused-ring (bicyclic) bond motifs is 1. The second-order valence-corrected chi connectivity index (χ2v) is 4.92. The molecule has 0 radical (unpaired) electrons. The number of nitrogens with zero attached hydrogens (tertiary/aromatic N) is 1. The highest BCUT2D eigenvalue weighted by molar-refractivity contribution is 5.99. The van der Waals surface area contributed by atoms with Crippen molar-refractivity contribution in [2.75, 3.05) is 0 Å². The van der Waals surface area contributed by atoms with Crippen LogP contribution in [0, 0.1) is 0 Å². The van der Waals surface area contributed by atoms with E-state index in [1.807, 2.05) is 0 Å². The molecule has 0 aromatic heterocycles. The summed E-state index contributed by atoms with van der Waals surface area (Å²) in [6.07, 6.45) is -1.00. The molecule has 3 N–H and O–H groups in total. The van der Waals surface area contributed by atoms with Crippen molar-refractivity contribution in [3.8, 4) is 0 Å². The van der Waals surface area contributed by atoms with E-state index < -0.39 is 12.1 Å². The first kappa shape index (κ1) is 13.3. The number of aliphatic hydroxyl groups is 1. The van der Waals surface area contributed by atoms with E-state index in [2.05, 4.69) is 0 Å². The molecule has 3 rings (SSSR count). The first-order valence-electron chi connectivity index (χ1n) is 6.55. The summed E-state index contributed by atoms with van der Waals surface area (Å²) in [6.45, 7) is 0.133. The van der Waals surface area contributed by atoms with Gasteiger partial charge in [-0.1, -0.05) is 36.4 Å². The molecule has 0 bridgehead atoms. The van der Waals surface area contributed by atoms with Crippen LogP contribution in [0.25, 0.3) is 0 Å². The first-order chi connectivity index (χ1) is 10.1. The third-order valence-corrected chi connectivity index (χ3v) is 3.65. The molecule has 0 fully saturated rings. The van der Waals surface area contributed by atoms with Crippen LogP contribution in [0.15, 0.2) is 48.5 Å². The van der Waals surface area contributed by atoms with Crippen LogP contribution in [-0.2, 0) is 6.54 Å². The Balaban J connectivity index is 1.94. The maximum atomic E-state index is 12.3. The van der Waals surface area contributed by atoms with Gasteiger partial charge in [-0.15, -0.1) is 0 Å². The van der Waals surface area contributed by atoms with Gasteiger partial charge >= 0.3 is 0 Å². The lowest BCUT2D eigenvalue weighted by Gasteiger charge is -2.21. The topological polar surface area (TPSA) is 83.6 Å². The molecule has 1 atom stereocenters. The Morgan fingerprint density at radius 3 is 2.52 bits per heavy atom. The van der Waals surface area contributed by atoms with E-state index in [1.165, 1.54) is 4.90 Å². The van der Waals surface area contributed by atoms with Crippen molar-refractivity contribution in [3.63, 3.8) is 0 Å². The summed E-state index contributed by atoms with van der Waals surface area (Å²) in [4.78, 5) is 25.1. The van der Waals surface area contributed by atoms with Crippen LogP contribution in [0.3, 0.4) is 0 Å². The van der Waals surface area contributed by atoms with Gasteiger partial charge in [0.25, 0.3) is 5.91 Å². The highest BCUT2D eigenvalue weighted by Crippen LogP contribution is 2.32. The molecule has 1 aliphatic rings. The average molecular weight is 282 g/mol. The van der Waals surface area contributed by atoms with Crippen molar-refractivity contribution < 1.29 is 14.7 Å². The fourth-order valence-electron chi connectivity index (χ4n) is 2.59. The van der Waals surface area contributed by atoms with Crippen LogP contribution in [0.1, 0.15) is 38.1 Å². The molecule has 2 aromatic carbocycles. The SMILES string of the molecule is NC(=O)c1ccccc1CN1C(=O)c2ccccc2C1O. The minimum absolute atomic E-state index is 0.133. The molecule has 0 saturated heterocycles. The molecular weight excluding hydrogens is 268 g/mol. The van der Waals surface area contributed by atoms with Gasteiger partial charge in [0.1, 0.15) is 0 Å². The summed E-state index contributed by atoms with van der Waals surface area (Å²) < 4.78 is 0. The number of carbonyl (C=O) groups excluding carboxylic acids is 2. The van der Waals surface area contributed by atoms with Crippen molar-refractivity contribution in [1.29, 1.82) is 0 Å². The highest BCUT2D eigenvalue weighted by Gasteiger charge is 2.35. The third-order valence-electron chi connectivity index (χ3n) is 3.65. The standard InChI is InChI=1S/C16H14N2O3/c17-14(19)11-6-2-1-5-10(11)9-18-15(20)12-7-3-4-8-13(12)16(18)21/h1-8,15,20H,9H2,(H2,17,19).